The second-order valence-corrected chi connectivity index (χ2v) is 18.4. The van der Waals surface area contributed by atoms with E-state index in [-0.39, 0.29) is 5.82 Å². The van der Waals surface area contributed by atoms with E-state index in [1.807, 2.05) is 6.07 Å². The van der Waals surface area contributed by atoms with Gasteiger partial charge in [-0.3, -0.25) is 0 Å². The Labute approximate surface area is 81.0 Å². The molecular formula is C8H12N2O2Sn. The van der Waals surface area contributed by atoms with E-state index in [9.17, 15) is 10.1 Å². The van der Waals surface area contributed by atoms with Crippen LogP contribution >= 0.6 is 0 Å². The molecule has 0 aliphatic heterocycles. The molecule has 0 bridgehead atoms. The second kappa shape index (κ2) is 3.61. The number of hydrogen-bond donors (Lipinski definition) is 0. The van der Waals surface area contributed by atoms with Crippen molar-refractivity contribution in [3.63, 3.8) is 0 Å². The van der Waals surface area contributed by atoms with Gasteiger partial charge in [-0.05, 0) is 0 Å². The monoisotopic (exact) mass is 288 g/mol. The molecule has 1 aromatic heterocycles. The first kappa shape index (κ1) is 10.4. The summed E-state index contributed by atoms with van der Waals surface area (Å²) in [7, 11) is 0. The van der Waals surface area contributed by atoms with Crippen LogP contribution in [0.5, 0.6) is 0 Å². The number of nitro groups is 1. The minimum atomic E-state index is -2.07. The quantitative estimate of drug-likeness (QED) is 0.471. The molecule has 0 unspecified atom stereocenters. The Hall–Kier alpha value is -0.651. The number of nitrogens with zero attached hydrogens (tertiary/aromatic N) is 2. The summed E-state index contributed by atoms with van der Waals surface area (Å²) >= 11 is -2.07. The van der Waals surface area contributed by atoms with Crippen LogP contribution in [-0.2, 0) is 0 Å². The molecule has 0 aromatic carbocycles. The maximum absolute atomic E-state index is 10.3. The molecule has 0 spiro atoms. The molecule has 4 nitrogen and oxygen atoms in total. The van der Waals surface area contributed by atoms with Crippen molar-refractivity contribution in [2.24, 2.45) is 0 Å². The van der Waals surface area contributed by atoms with Gasteiger partial charge in [0.25, 0.3) is 0 Å². The Morgan fingerprint density at radius 1 is 1.38 bits per heavy atom. The van der Waals surface area contributed by atoms with Crippen molar-refractivity contribution >= 4 is 27.8 Å². The third kappa shape index (κ3) is 2.65. The van der Waals surface area contributed by atoms with Gasteiger partial charge in [-0.1, -0.05) is 0 Å². The predicted molar refractivity (Wildman–Crippen MR) is 53.9 cm³/mol. The van der Waals surface area contributed by atoms with Crippen LogP contribution in [0, 0.1) is 10.1 Å². The number of rotatable bonds is 2. The normalized spacial score (nSPS) is 11.3. The summed E-state index contributed by atoms with van der Waals surface area (Å²) in [5, 5.41) is 10.3. The fourth-order valence-corrected chi connectivity index (χ4v) is 3.89. The van der Waals surface area contributed by atoms with E-state index in [1.165, 1.54) is 9.65 Å². The van der Waals surface area contributed by atoms with Crippen LogP contribution < -0.4 is 3.58 Å². The molecular weight excluding hydrogens is 275 g/mol. The average molecular weight is 287 g/mol. The molecule has 13 heavy (non-hydrogen) atoms. The van der Waals surface area contributed by atoms with Crippen LogP contribution in [0.2, 0.25) is 14.8 Å². The second-order valence-electron chi connectivity index (χ2n) is 3.91. The van der Waals surface area contributed by atoms with Crippen molar-refractivity contribution < 1.29 is 4.92 Å². The fraction of sp³-hybridized carbons (Fsp3) is 0.375. The Morgan fingerprint density at radius 2 is 2.00 bits per heavy atom. The van der Waals surface area contributed by atoms with Crippen molar-refractivity contribution in [1.29, 1.82) is 0 Å². The van der Waals surface area contributed by atoms with Gasteiger partial charge in [0.15, 0.2) is 0 Å². The first-order valence-corrected chi connectivity index (χ1v) is 14.0. The zero-order chi connectivity index (χ0) is 10.1. The standard InChI is InChI=1S/C5H3N2O2.3CH3.Sn/c8-7(9)5-3-1-2-4-6-5;;;;/h1,3-4H;3*1H3;. The molecule has 1 heterocycles. The van der Waals surface area contributed by atoms with Gasteiger partial charge in [0.05, 0.1) is 0 Å². The summed E-state index contributed by atoms with van der Waals surface area (Å²) in [6.07, 6.45) is 1.65. The van der Waals surface area contributed by atoms with Gasteiger partial charge in [-0.25, -0.2) is 0 Å². The third-order valence-electron chi connectivity index (χ3n) is 1.80. The molecule has 1 aromatic rings. The minimum absolute atomic E-state index is 0.0701. The summed E-state index contributed by atoms with van der Waals surface area (Å²) in [6, 6.07) is 3.32. The van der Waals surface area contributed by atoms with Crippen LogP contribution in [0.15, 0.2) is 18.3 Å². The van der Waals surface area contributed by atoms with Gasteiger partial charge in [-0.15, -0.1) is 0 Å². The summed E-state index contributed by atoms with van der Waals surface area (Å²) in [5.41, 5.74) is 0. The Kier molecular flexibility index (Phi) is 2.90. The molecule has 0 amide bonds. The first-order chi connectivity index (χ1) is 5.91. The molecule has 1 rings (SSSR count). The molecule has 0 saturated carbocycles. The summed E-state index contributed by atoms with van der Waals surface area (Å²) in [6.45, 7) is 0. The van der Waals surface area contributed by atoms with E-state index < -0.39 is 23.3 Å². The van der Waals surface area contributed by atoms with E-state index in [0.29, 0.717) is 0 Å². The van der Waals surface area contributed by atoms with Crippen molar-refractivity contribution in [3.05, 3.63) is 28.4 Å². The van der Waals surface area contributed by atoms with Gasteiger partial charge in [0.2, 0.25) is 0 Å². The van der Waals surface area contributed by atoms with Crippen molar-refractivity contribution in [2.45, 2.75) is 14.8 Å². The molecule has 5 heteroatoms. The Balaban J connectivity index is 3.01. The summed E-state index contributed by atoms with van der Waals surface area (Å²) in [5.74, 6) is -0.0701. The topological polar surface area (TPSA) is 56.0 Å². The first-order valence-electron chi connectivity index (χ1n) is 4.02. The Morgan fingerprint density at radius 3 is 2.31 bits per heavy atom. The summed E-state index contributed by atoms with van der Waals surface area (Å²) in [4.78, 5) is 20.4. The number of hydrogen-bond acceptors (Lipinski definition) is 3. The molecule has 0 saturated heterocycles. The van der Waals surface area contributed by atoms with Gasteiger partial charge in [-0.2, -0.15) is 0 Å². The van der Waals surface area contributed by atoms with Gasteiger partial charge in [0.1, 0.15) is 0 Å². The molecule has 70 valence electrons. The molecule has 0 aliphatic rings. The molecule has 0 radical (unpaired) electrons. The van der Waals surface area contributed by atoms with E-state index in [4.69, 9.17) is 0 Å². The maximum atomic E-state index is 10.3. The molecule has 0 atom stereocenters. The van der Waals surface area contributed by atoms with E-state index in [1.54, 1.807) is 6.20 Å². The van der Waals surface area contributed by atoms with Crippen LogP contribution in [-0.4, -0.2) is 28.3 Å². The average Bonchev–Trinajstić information content (AvgIpc) is 2.03. The summed E-state index contributed by atoms with van der Waals surface area (Å²) < 4.78 is 1.21. The SMILES string of the molecule is [CH3][Sn]([CH3])([CH3])[c]1ccc([N+](=O)[O-])nc1. The molecule has 0 fully saturated rings. The van der Waals surface area contributed by atoms with Gasteiger partial charge < -0.3 is 0 Å². The van der Waals surface area contributed by atoms with Gasteiger partial charge in [0, 0.05) is 0 Å². The Bertz CT molecular complexity index is 316. The van der Waals surface area contributed by atoms with Crippen molar-refractivity contribution in [3.8, 4) is 0 Å². The fourth-order valence-electron chi connectivity index (χ4n) is 0.938. The number of pyridine rings is 1. The number of aromatic nitrogens is 1. The molecule has 0 aliphatic carbocycles. The van der Waals surface area contributed by atoms with Crippen LogP contribution in [0.1, 0.15) is 0 Å². The van der Waals surface area contributed by atoms with Crippen molar-refractivity contribution in [1.82, 2.24) is 4.98 Å². The third-order valence-corrected chi connectivity index (χ3v) is 7.59. The van der Waals surface area contributed by atoms with E-state index in [0.717, 1.165) is 0 Å². The van der Waals surface area contributed by atoms with Crippen LogP contribution in [0.25, 0.3) is 0 Å². The zero-order valence-electron chi connectivity index (χ0n) is 7.94. The van der Waals surface area contributed by atoms with Gasteiger partial charge >= 0.3 is 80.9 Å². The zero-order valence-corrected chi connectivity index (χ0v) is 10.8. The predicted octanol–water partition coefficient (Wildman–Crippen LogP) is 1.53. The van der Waals surface area contributed by atoms with Crippen LogP contribution in [0.3, 0.4) is 0 Å². The van der Waals surface area contributed by atoms with E-state index in [2.05, 4.69) is 19.8 Å². The van der Waals surface area contributed by atoms with Crippen molar-refractivity contribution in [2.75, 3.05) is 0 Å². The van der Waals surface area contributed by atoms with E-state index >= 15 is 0 Å². The molecule has 0 N–H and O–H groups in total. The van der Waals surface area contributed by atoms with Crippen LogP contribution in [0.4, 0.5) is 5.82 Å².